The van der Waals surface area contributed by atoms with Crippen LogP contribution in [0, 0.1) is 5.92 Å². The first-order valence-electron chi connectivity index (χ1n) is 12.3. The zero-order valence-corrected chi connectivity index (χ0v) is 21.4. The van der Waals surface area contributed by atoms with Crippen LogP contribution < -0.4 is 5.32 Å². The third kappa shape index (κ3) is 8.68. The highest BCUT2D eigenvalue weighted by Crippen LogP contribution is 2.22. The Bertz CT molecular complexity index is 867. The Morgan fingerprint density at radius 3 is 2.06 bits per heavy atom. The fourth-order valence-corrected chi connectivity index (χ4v) is 3.88. The molecule has 0 fully saturated rings. The average Bonchev–Trinajstić information content (AvgIpc) is 2.79. The molecular weight excluding hydrogens is 408 g/mol. The largest absolute Gasteiger partial charge is 0.354 e. The van der Waals surface area contributed by atoms with E-state index in [2.05, 4.69) is 76.3 Å². The Morgan fingerprint density at radius 2 is 1.52 bits per heavy atom. The molecule has 0 aliphatic rings. The van der Waals surface area contributed by atoms with Crippen LogP contribution in [-0.2, 0) is 27.8 Å². The van der Waals surface area contributed by atoms with Gasteiger partial charge in [-0.15, -0.1) is 0 Å². The highest BCUT2D eigenvalue weighted by molar-refractivity contribution is 5.87. The molecule has 0 aromatic heterocycles. The predicted octanol–water partition coefficient (Wildman–Crippen LogP) is 5.54. The van der Waals surface area contributed by atoms with E-state index in [1.165, 1.54) is 11.1 Å². The molecule has 0 aliphatic carbocycles. The SMILES string of the molecule is CC[C@H](C(=O)NCC(C)C)N(CCc1ccccc1)C(=O)CCc1ccc(C(C)(C)C)cc1. The number of aryl methyl sites for hydroxylation is 1. The van der Waals surface area contributed by atoms with Crippen LogP contribution in [-0.4, -0.2) is 35.8 Å². The van der Waals surface area contributed by atoms with Gasteiger partial charge in [0.1, 0.15) is 6.04 Å². The van der Waals surface area contributed by atoms with Crippen LogP contribution in [0.2, 0.25) is 0 Å². The van der Waals surface area contributed by atoms with Crippen LogP contribution in [0.25, 0.3) is 0 Å². The zero-order chi connectivity index (χ0) is 24.4. The predicted molar refractivity (Wildman–Crippen MR) is 137 cm³/mol. The molecular formula is C29H42N2O2. The van der Waals surface area contributed by atoms with Gasteiger partial charge in [-0.3, -0.25) is 9.59 Å². The van der Waals surface area contributed by atoms with Crippen LogP contribution in [0.5, 0.6) is 0 Å². The molecule has 2 amide bonds. The van der Waals surface area contributed by atoms with E-state index in [9.17, 15) is 9.59 Å². The van der Waals surface area contributed by atoms with Crippen molar-refractivity contribution in [3.05, 3.63) is 71.3 Å². The van der Waals surface area contributed by atoms with Crippen LogP contribution in [0.15, 0.2) is 54.6 Å². The first-order valence-corrected chi connectivity index (χ1v) is 12.3. The lowest BCUT2D eigenvalue weighted by Crippen LogP contribution is -2.50. The summed E-state index contributed by atoms with van der Waals surface area (Å²) in [6.07, 6.45) is 2.41. The number of hydrogen-bond donors (Lipinski definition) is 1. The van der Waals surface area contributed by atoms with Gasteiger partial charge in [0.25, 0.3) is 0 Å². The van der Waals surface area contributed by atoms with Crippen LogP contribution in [0.3, 0.4) is 0 Å². The Balaban J connectivity index is 2.11. The standard InChI is InChI=1S/C29H42N2O2/c1-7-26(28(33)30-21-22(2)3)31(20-19-23-11-9-8-10-12-23)27(32)18-15-24-13-16-25(17-14-24)29(4,5)6/h8-14,16-17,22,26H,7,15,18-21H2,1-6H3,(H,30,33)/t26-/m1/s1. The quantitative estimate of drug-likeness (QED) is 0.489. The molecule has 2 aromatic rings. The van der Waals surface area contributed by atoms with Crippen molar-refractivity contribution in [2.45, 2.75) is 78.7 Å². The van der Waals surface area contributed by atoms with Gasteiger partial charge in [0, 0.05) is 19.5 Å². The third-order valence-electron chi connectivity index (χ3n) is 6.00. The van der Waals surface area contributed by atoms with E-state index < -0.39 is 6.04 Å². The smallest absolute Gasteiger partial charge is 0.242 e. The van der Waals surface area contributed by atoms with Crippen molar-refractivity contribution in [3.8, 4) is 0 Å². The number of rotatable bonds is 11. The van der Waals surface area contributed by atoms with Crippen molar-refractivity contribution >= 4 is 11.8 Å². The molecule has 1 atom stereocenters. The minimum atomic E-state index is -0.441. The number of nitrogens with one attached hydrogen (secondary N) is 1. The number of carbonyl (C=O) groups is 2. The molecule has 0 saturated heterocycles. The first-order chi connectivity index (χ1) is 15.6. The average molecular weight is 451 g/mol. The summed E-state index contributed by atoms with van der Waals surface area (Å²) < 4.78 is 0. The lowest BCUT2D eigenvalue weighted by atomic mass is 9.86. The summed E-state index contributed by atoms with van der Waals surface area (Å²) in [5.41, 5.74) is 3.72. The number of hydrogen-bond acceptors (Lipinski definition) is 2. The normalized spacial score (nSPS) is 12.5. The molecule has 1 N–H and O–H groups in total. The van der Waals surface area contributed by atoms with E-state index in [4.69, 9.17) is 0 Å². The lowest BCUT2D eigenvalue weighted by Gasteiger charge is -2.31. The van der Waals surface area contributed by atoms with Crippen molar-refractivity contribution in [3.63, 3.8) is 0 Å². The lowest BCUT2D eigenvalue weighted by molar-refractivity contribution is -0.140. The van der Waals surface area contributed by atoms with Gasteiger partial charge in [-0.2, -0.15) is 0 Å². The maximum Gasteiger partial charge on any atom is 0.242 e. The summed E-state index contributed by atoms with van der Waals surface area (Å²) in [5.74, 6) is 0.357. The minimum absolute atomic E-state index is 0.0392. The molecule has 4 heteroatoms. The molecule has 0 aliphatic heterocycles. The maximum absolute atomic E-state index is 13.4. The molecule has 180 valence electrons. The highest BCUT2D eigenvalue weighted by atomic mass is 16.2. The minimum Gasteiger partial charge on any atom is -0.354 e. The Morgan fingerprint density at radius 1 is 0.909 bits per heavy atom. The van der Waals surface area contributed by atoms with Gasteiger partial charge in [-0.25, -0.2) is 0 Å². The molecule has 0 radical (unpaired) electrons. The molecule has 4 nitrogen and oxygen atoms in total. The Kier molecular flexibility index (Phi) is 10.1. The number of carbonyl (C=O) groups excluding carboxylic acids is 2. The van der Waals surface area contributed by atoms with Crippen molar-refractivity contribution in [1.82, 2.24) is 10.2 Å². The molecule has 33 heavy (non-hydrogen) atoms. The molecule has 2 rings (SSSR count). The number of nitrogens with zero attached hydrogens (tertiary/aromatic N) is 1. The zero-order valence-electron chi connectivity index (χ0n) is 21.4. The molecule has 0 saturated carbocycles. The molecule has 2 aromatic carbocycles. The van der Waals surface area contributed by atoms with E-state index in [0.29, 0.717) is 38.3 Å². The summed E-state index contributed by atoms with van der Waals surface area (Å²) in [4.78, 5) is 28.1. The van der Waals surface area contributed by atoms with E-state index in [1.807, 2.05) is 25.1 Å². The van der Waals surface area contributed by atoms with Gasteiger partial charge in [-0.1, -0.05) is 96.1 Å². The van der Waals surface area contributed by atoms with E-state index in [0.717, 1.165) is 12.0 Å². The van der Waals surface area contributed by atoms with E-state index >= 15 is 0 Å². The fourth-order valence-electron chi connectivity index (χ4n) is 3.88. The summed E-state index contributed by atoms with van der Waals surface area (Å²) in [5, 5.41) is 3.03. The summed E-state index contributed by atoms with van der Waals surface area (Å²) >= 11 is 0. The van der Waals surface area contributed by atoms with Crippen molar-refractivity contribution < 1.29 is 9.59 Å². The molecule has 0 bridgehead atoms. The Labute approximate surface area is 200 Å². The molecule has 0 heterocycles. The fraction of sp³-hybridized carbons (Fsp3) is 0.517. The van der Waals surface area contributed by atoms with Crippen LogP contribution in [0.4, 0.5) is 0 Å². The number of benzene rings is 2. The summed E-state index contributed by atoms with van der Waals surface area (Å²) in [6, 6.07) is 18.3. The van der Waals surface area contributed by atoms with Gasteiger partial charge in [-0.05, 0) is 47.3 Å². The van der Waals surface area contributed by atoms with E-state index in [1.54, 1.807) is 4.90 Å². The van der Waals surface area contributed by atoms with Gasteiger partial charge in [0.15, 0.2) is 0 Å². The number of amides is 2. The van der Waals surface area contributed by atoms with Gasteiger partial charge >= 0.3 is 0 Å². The molecule has 0 spiro atoms. The summed E-state index contributed by atoms with van der Waals surface area (Å²) in [7, 11) is 0. The Hall–Kier alpha value is -2.62. The van der Waals surface area contributed by atoms with Crippen molar-refractivity contribution in [2.24, 2.45) is 5.92 Å². The highest BCUT2D eigenvalue weighted by Gasteiger charge is 2.28. The van der Waals surface area contributed by atoms with Crippen molar-refractivity contribution in [2.75, 3.05) is 13.1 Å². The van der Waals surface area contributed by atoms with Gasteiger partial charge in [0.2, 0.25) is 11.8 Å². The van der Waals surface area contributed by atoms with Crippen LogP contribution in [0.1, 0.15) is 71.1 Å². The van der Waals surface area contributed by atoms with Crippen molar-refractivity contribution in [1.29, 1.82) is 0 Å². The van der Waals surface area contributed by atoms with Gasteiger partial charge < -0.3 is 10.2 Å². The maximum atomic E-state index is 13.4. The second-order valence-corrected chi connectivity index (χ2v) is 10.3. The third-order valence-corrected chi connectivity index (χ3v) is 6.00. The molecule has 0 unspecified atom stereocenters. The second kappa shape index (κ2) is 12.6. The first kappa shape index (κ1) is 26.6. The monoisotopic (exact) mass is 450 g/mol. The van der Waals surface area contributed by atoms with E-state index in [-0.39, 0.29) is 17.2 Å². The van der Waals surface area contributed by atoms with Crippen LogP contribution >= 0.6 is 0 Å². The van der Waals surface area contributed by atoms with Gasteiger partial charge in [0.05, 0.1) is 0 Å². The summed E-state index contributed by atoms with van der Waals surface area (Å²) in [6.45, 7) is 13.9. The topological polar surface area (TPSA) is 49.4 Å². The second-order valence-electron chi connectivity index (χ2n) is 10.3.